The normalized spacial score (nSPS) is 11.8. The number of benzene rings is 2. The van der Waals surface area contributed by atoms with E-state index in [0.717, 1.165) is 5.56 Å². The summed E-state index contributed by atoms with van der Waals surface area (Å²) >= 11 is 0. The van der Waals surface area contributed by atoms with Crippen LogP contribution in [0.4, 0.5) is 20.6 Å². The van der Waals surface area contributed by atoms with E-state index in [-0.39, 0.29) is 11.7 Å². The van der Waals surface area contributed by atoms with E-state index in [2.05, 4.69) is 10.6 Å². The van der Waals surface area contributed by atoms with E-state index >= 15 is 0 Å². The molecule has 0 saturated carbocycles. The van der Waals surface area contributed by atoms with E-state index in [1.165, 1.54) is 12.1 Å². The highest BCUT2D eigenvalue weighted by Gasteiger charge is 2.07. The zero-order valence-corrected chi connectivity index (χ0v) is 11.1. The molecule has 2 aromatic carbocycles. The maximum atomic E-state index is 13.4. The third-order valence-electron chi connectivity index (χ3n) is 2.79. The fraction of sp³-hybridized carbons (Fsp3) is 0.133. The van der Waals surface area contributed by atoms with Crippen molar-refractivity contribution < 1.29 is 9.18 Å². The third kappa shape index (κ3) is 3.55. The second-order valence-electron chi connectivity index (χ2n) is 4.47. The molecule has 20 heavy (non-hydrogen) atoms. The maximum absolute atomic E-state index is 13.4. The quantitative estimate of drug-likeness (QED) is 0.801. The van der Waals surface area contributed by atoms with Crippen molar-refractivity contribution in [3.63, 3.8) is 0 Å². The molecule has 1 atom stereocenters. The van der Waals surface area contributed by atoms with Gasteiger partial charge >= 0.3 is 6.03 Å². The lowest BCUT2D eigenvalue weighted by Crippen LogP contribution is -2.20. The molecule has 2 rings (SSSR count). The van der Waals surface area contributed by atoms with E-state index in [4.69, 9.17) is 5.73 Å². The Hall–Kier alpha value is -2.40. The number of anilines is 2. The van der Waals surface area contributed by atoms with Gasteiger partial charge in [0.25, 0.3) is 0 Å². The Labute approximate surface area is 116 Å². The number of amides is 2. The molecule has 0 saturated heterocycles. The van der Waals surface area contributed by atoms with E-state index in [1.54, 1.807) is 30.3 Å². The molecule has 0 aliphatic carbocycles. The number of carbonyl (C=O) groups is 1. The van der Waals surface area contributed by atoms with Gasteiger partial charge in [0.15, 0.2) is 0 Å². The molecule has 5 heteroatoms. The van der Waals surface area contributed by atoms with Crippen LogP contribution in [0.5, 0.6) is 0 Å². The molecule has 2 aromatic rings. The molecule has 0 fully saturated rings. The van der Waals surface area contributed by atoms with Crippen LogP contribution in [0.25, 0.3) is 0 Å². The molecule has 0 spiro atoms. The summed E-state index contributed by atoms with van der Waals surface area (Å²) in [5.74, 6) is -0.480. The standard InChI is InChI=1S/C15H16FN3O/c1-10(17)11-5-4-6-12(9-11)18-15(20)19-14-8-3-2-7-13(14)16/h2-10H,17H2,1H3,(H2,18,19,20). The number of carbonyl (C=O) groups excluding carboxylic acids is 1. The minimum absolute atomic E-state index is 0.119. The second-order valence-corrected chi connectivity index (χ2v) is 4.47. The third-order valence-corrected chi connectivity index (χ3v) is 2.79. The van der Waals surface area contributed by atoms with Gasteiger partial charge in [0.1, 0.15) is 5.82 Å². The highest BCUT2D eigenvalue weighted by Crippen LogP contribution is 2.17. The molecule has 0 aliphatic heterocycles. The molecule has 0 radical (unpaired) electrons. The van der Waals surface area contributed by atoms with Crippen molar-refractivity contribution in [3.8, 4) is 0 Å². The fourth-order valence-corrected chi connectivity index (χ4v) is 1.75. The summed E-state index contributed by atoms with van der Waals surface area (Å²) in [6.07, 6.45) is 0. The van der Waals surface area contributed by atoms with Crippen LogP contribution in [-0.2, 0) is 0 Å². The van der Waals surface area contributed by atoms with Gasteiger partial charge < -0.3 is 16.4 Å². The number of rotatable bonds is 3. The minimum atomic E-state index is -0.503. The van der Waals surface area contributed by atoms with Gasteiger partial charge in [-0.25, -0.2) is 9.18 Å². The molecule has 4 nitrogen and oxygen atoms in total. The number of halogens is 1. The monoisotopic (exact) mass is 273 g/mol. The fourth-order valence-electron chi connectivity index (χ4n) is 1.75. The van der Waals surface area contributed by atoms with Gasteiger partial charge in [0.2, 0.25) is 0 Å². The van der Waals surface area contributed by atoms with Gasteiger partial charge in [-0.15, -0.1) is 0 Å². The van der Waals surface area contributed by atoms with Crippen LogP contribution >= 0.6 is 0 Å². The van der Waals surface area contributed by atoms with Crippen molar-refractivity contribution in [2.24, 2.45) is 5.73 Å². The van der Waals surface area contributed by atoms with Gasteiger partial charge in [-0.2, -0.15) is 0 Å². The topological polar surface area (TPSA) is 67.1 Å². The molecule has 0 heterocycles. The summed E-state index contributed by atoms with van der Waals surface area (Å²) in [5.41, 5.74) is 7.43. The lowest BCUT2D eigenvalue weighted by Gasteiger charge is -2.11. The molecule has 0 aliphatic rings. The lowest BCUT2D eigenvalue weighted by molar-refractivity contribution is 0.262. The maximum Gasteiger partial charge on any atom is 0.323 e. The van der Waals surface area contributed by atoms with Gasteiger partial charge in [-0.3, -0.25) is 0 Å². The van der Waals surface area contributed by atoms with Crippen molar-refractivity contribution in [1.29, 1.82) is 0 Å². The summed E-state index contributed by atoms with van der Waals surface area (Å²) < 4.78 is 13.4. The first-order valence-corrected chi connectivity index (χ1v) is 6.24. The number of nitrogens with one attached hydrogen (secondary N) is 2. The first-order valence-electron chi connectivity index (χ1n) is 6.24. The van der Waals surface area contributed by atoms with E-state index in [0.29, 0.717) is 5.69 Å². The largest absolute Gasteiger partial charge is 0.324 e. The van der Waals surface area contributed by atoms with Crippen LogP contribution < -0.4 is 16.4 Å². The Bertz CT molecular complexity index is 614. The summed E-state index contributed by atoms with van der Waals surface area (Å²) in [5, 5.41) is 5.09. The van der Waals surface area contributed by atoms with Crippen LogP contribution in [-0.4, -0.2) is 6.03 Å². The average molecular weight is 273 g/mol. The first kappa shape index (κ1) is 14.0. The summed E-state index contributed by atoms with van der Waals surface area (Å²) in [7, 11) is 0. The van der Waals surface area contributed by atoms with Crippen LogP contribution in [0.1, 0.15) is 18.5 Å². The lowest BCUT2D eigenvalue weighted by atomic mass is 10.1. The van der Waals surface area contributed by atoms with E-state index < -0.39 is 11.8 Å². The van der Waals surface area contributed by atoms with Crippen LogP contribution in [0.3, 0.4) is 0 Å². The predicted octanol–water partition coefficient (Wildman–Crippen LogP) is 3.49. The second kappa shape index (κ2) is 6.16. The van der Waals surface area contributed by atoms with Gasteiger partial charge in [-0.1, -0.05) is 24.3 Å². The predicted molar refractivity (Wildman–Crippen MR) is 78.1 cm³/mol. The highest BCUT2D eigenvalue weighted by atomic mass is 19.1. The van der Waals surface area contributed by atoms with Crippen molar-refractivity contribution in [2.75, 3.05) is 10.6 Å². The number of urea groups is 1. The zero-order chi connectivity index (χ0) is 14.5. The molecular weight excluding hydrogens is 257 g/mol. The molecule has 2 amide bonds. The van der Waals surface area contributed by atoms with Crippen molar-refractivity contribution >= 4 is 17.4 Å². The van der Waals surface area contributed by atoms with Crippen LogP contribution in [0.15, 0.2) is 48.5 Å². The number of hydrogen-bond donors (Lipinski definition) is 3. The van der Waals surface area contributed by atoms with Gasteiger partial charge in [0.05, 0.1) is 5.69 Å². The van der Waals surface area contributed by atoms with E-state index in [9.17, 15) is 9.18 Å². The summed E-state index contributed by atoms with van der Waals surface area (Å²) in [6.45, 7) is 1.86. The first-order chi connectivity index (χ1) is 9.56. The molecule has 104 valence electrons. The zero-order valence-electron chi connectivity index (χ0n) is 11.1. The van der Waals surface area contributed by atoms with Crippen LogP contribution in [0, 0.1) is 5.82 Å². The SMILES string of the molecule is CC(N)c1cccc(NC(=O)Nc2ccccc2F)c1. The Morgan fingerprint density at radius 3 is 2.60 bits per heavy atom. The molecule has 0 aromatic heterocycles. The number of hydrogen-bond acceptors (Lipinski definition) is 2. The Morgan fingerprint density at radius 1 is 1.15 bits per heavy atom. The Morgan fingerprint density at radius 2 is 1.90 bits per heavy atom. The van der Waals surface area contributed by atoms with Crippen molar-refractivity contribution in [1.82, 2.24) is 0 Å². The van der Waals surface area contributed by atoms with Crippen LogP contribution in [0.2, 0.25) is 0 Å². The Kier molecular flexibility index (Phi) is 4.32. The summed E-state index contributed by atoms with van der Waals surface area (Å²) in [6, 6.07) is 12.6. The average Bonchev–Trinajstić information content (AvgIpc) is 2.41. The number of nitrogens with two attached hydrogens (primary N) is 1. The van der Waals surface area contributed by atoms with E-state index in [1.807, 2.05) is 13.0 Å². The molecule has 0 bridgehead atoms. The number of para-hydroxylation sites is 1. The molecule has 1 unspecified atom stereocenters. The van der Waals surface area contributed by atoms with Crippen molar-refractivity contribution in [3.05, 3.63) is 59.9 Å². The van der Waals surface area contributed by atoms with Gasteiger partial charge in [0, 0.05) is 11.7 Å². The Balaban J connectivity index is 2.05. The molecule has 4 N–H and O–H groups in total. The van der Waals surface area contributed by atoms with Crippen molar-refractivity contribution in [2.45, 2.75) is 13.0 Å². The summed E-state index contributed by atoms with van der Waals surface area (Å²) in [4.78, 5) is 11.8. The highest BCUT2D eigenvalue weighted by molar-refractivity contribution is 5.99. The molecular formula is C15H16FN3O. The minimum Gasteiger partial charge on any atom is -0.324 e. The van der Waals surface area contributed by atoms with Gasteiger partial charge in [-0.05, 0) is 36.8 Å². The smallest absolute Gasteiger partial charge is 0.323 e.